The Labute approximate surface area is 90.0 Å². The molecule has 3 heteroatoms. The number of rotatable bonds is 2. The van der Waals surface area contributed by atoms with Gasteiger partial charge < -0.3 is 5.21 Å². The fourth-order valence-electron chi connectivity index (χ4n) is 2.04. The van der Waals surface area contributed by atoms with Gasteiger partial charge >= 0.3 is 0 Å². The van der Waals surface area contributed by atoms with Crippen molar-refractivity contribution in [1.82, 2.24) is 4.90 Å². The first kappa shape index (κ1) is 10.2. The maximum atomic E-state index is 8.78. The Morgan fingerprint density at radius 2 is 2.13 bits per heavy atom. The Balaban J connectivity index is 2.03. The average Bonchev–Trinajstić information content (AvgIpc) is 2.62. The van der Waals surface area contributed by atoms with Gasteiger partial charge in [0.2, 0.25) is 0 Å². The van der Waals surface area contributed by atoms with Crippen LogP contribution in [0.1, 0.15) is 18.9 Å². The minimum absolute atomic E-state index is 0.259. The summed E-state index contributed by atoms with van der Waals surface area (Å²) >= 11 is 0. The smallest absolute Gasteiger partial charge is 0.0752 e. The minimum Gasteiger partial charge on any atom is -0.411 e. The highest BCUT2D eigenvalue weighted by atomic mass is 16.4. The summed E-state index contributed by atoms with van der Waals surface area (Å²) in [5.74, 6) is 0. The molecule has 0 spiro atoms. The molecule has 0 amide bonds. The van der Waals surface area contributed by atoms with E-state index in [1.54, 1.807) is 0 Å². The van der Waals surface area contributed by atoms with E-state index in [9.17, 15) is 0 Å². The summed E-state index contributed by atoms with van der Waals surface area (Å²) in [4.78, 5) is 2.32. The Hall–Kier alpha value is -1.35. The van der Waals surface area contributed by atoms with Crippen molar-refractivity contribution in [2.45, 2.75) is 25.9 Å². The first-order valence-electron chi connectivity index (χ1n) is 5.30. The average molecular weight is 204 g/mol. The van der Waals surface area contributed by atoms with Gasteiger partial charge in [-0.25, -0.2) is 0 Å². The van der Waals surface area contributed by atoms with Gasteiger partial charge in [-0.15, -0.1) is 0 Å². The molecule has 0 aromatic heterocycles. The molecule has 0 unspecified atom stereocenters. The van der Waals surface area contributed by atoms with Gasteiger partial charge in [-0.05, 0) is 12.5 Å². The molecule has 1 atom stereocenters. The van der Waals surface area contributed by atoms with E-state index in [-0.39, 0.29) is 6.04 Å². The first-order chi connectivity index (χ1) is 7.31. The second-order valence-electron chi connectivity index (χ2n) is 3.97. The molecule has 1 aromatic rings. The summed E-state index contributed by atoms with van der Waals surface area (Å²) in [6.07, 6.45) is 0.879. The zero-order valence-corrected chi connectivity index (χ0v) is 8.93. The molecule has 1 aliphatic rings. The summed E-state index contributed by atoms with van der Waals surface area (Å²) in [5, 5.41) is 12.1. The van der Waals surface area contributed by atoms with E-state index in [1.807, 2.05) is 6.07 Å². The third kappa shape index (κ3) is 2.18. The number of nitrogens with zero attached hydrogens (tertiary/aromatic N) is 2. The van der Waals surface area contributed by atoms with E-state index in [4.69, 9.17) is 5.21 Å². The second-order valence-corrected chi connectivity index (χ2v) is 3.97. The van der Waals surface area contributed by atoms with Crippen LogP contribution in [0.15, 0.2) is 35.5 Å². The minimum atomic E-state index is 0.259. The van der Waals surface area contributed by atoms with Crippen molar-refractivity contribution in [2.75, 3.05) is 6.54 Å². The van der Waals surface area contributed by atoms with E-state index < -0.39 is 0 Å². The Morgan fingerprint density at radius 3 is 2.73 bits per heavy atom. The molecule has 0 aliphatic carbocycles. The standard InChI is InChI=1S/C12H16N2O/c1-10-12(13-15)7-8-14(10)9-11-5-3-2-4-6-11/h2-6,10,15H,7-9H2,1H3/b13-12-/t10-/m1/s1. The Morgan fingerprint density at radius 1 is 1.40 bits per heavy atom. The number of benzene rings is 1. The van der Waals surface area contributed by atoms with Crippen LogP contribution in [-0.2, 0) is 6.54 Å². The maximum Gasteiger partial charge on any atom is 0.0752 e. The predicted octanol–water partition coefficient (Wildman–Crippen LogP) is 2.11. The summed E-state index contributed by atoms with van der Waals surface area (Å²) in [6, 6.07) is 10.6. The van der Waals surface area contributed by atoms with Crippen LogP contribution < -0.4 is 0 Å². The van der Waals surface area contributed by atoms with Gasteiger partial charge in [0.15, 0.2) is 0 Å². The van der Waals surface area contributed by atoms with Gasteiger partial charge in [0.1, 0.15) is 0 Å². The lowest BCUT2D eigenvalue weighted by molar-refractivity contribution is 0.275. The van der Waals surface area contributed by atoms with Gasteiger partial charge in [0.25, 0.3) is 0 Å². The summed E-state index contributed by atoms with van der Waals surface area (Å²) < 4.78 is 0. The topological polar surface area (TPSA) is 35.8 Å². The van der Waals surface area contributed by atoms with Crippen molar-refractivity contribution in [3.63, 3.8) is 0 Å². The highest BCUT2D eigenvalue weighted by molar-refractivity contribution is 5.90. The van der Waals surface area contributed by atoms with Crippen LogP contribution in [0.2, 0.25) is 0 Å². The molecule has 1 aromatic carbocycles. The van der Waals surface area contributed by atoms with Crippen molar-refractivity contribution in [3.05, 3.63) is 35.9 Å². The van der Waals surface area contributed by atoms with Crippen molar-refractivity contribution in [1.29, 1.82) is 0 Å². The van der Waals surface area contributed by atoms with E-state index in [0.717, 1.165) is 25.2 Å². The van der Waals surface area contributed by atoms with Crippen LogP contribution in [0, 0.1) is 0 Å². The number of likely N-dealkylation sites (tertiary alicyclic amines) is 1. The fraction of sp³-hybridized carbons (Fsp3) is 0.417. The molecule has 1 fully saturated rings. The Bertz CT molecular complexity index is 348. The normalized spacial score (nSPS) is 24.9. The zero-order valence-electron chi connectivity index (χ0n) is 8.93. The van der Waals surface area contributed by atoms with Gasteiger partial charge in [-0.3, -0.25) is 4.90 Å². The predicted molar refractivity (Wildman–Crippen MR) is 60.2 cm³/mol. The fourth-order valence-corrected chi connectivity index (χ4v) is 2.04. The zero-order chi connectivity index (χ0) is 10.7. The van der Waals surface area contributed by atoms with E-state index in [2.05, 4.69) is 41.2 Å². The van der Waals surface area contributed by atoms with Gasteiger partial charge in [-0.1, -0.05) is 35.5 Å². The van der Waals surface area contributed by atoms with Gasteiger partial charge in [0.05, 0.1) is 5.71 Å². The third-order valence-electron chi connectivity index (χ3n) is 3.04. The van der Waals surface area contributed by atoms with Gasteiger partial charge in [-0.2, -0.15) is 0 Å². The van der Waals surface area contributed by atoms with Crippen LogP contribution >= 0.6 is 0 Å². The molecule has 15 heavy (non-hydrogen) atoms. The summed E-state index contributed by atoms with van der Waals surface area (Å²) in [7, 11) is 0. The summed E-state index contributed by atoms with van der Waals surface area (Å²) in [6.45, 7) is 4.00. The third-order valence-corrected chi connectivity index (χ3v) is 3.04. The highest BCUT2D eigenvalue weighted by Gasteiger charge is 2.26. The molecule has 3 nitrogen and oxygen atoms in total. The summed E-state index contributed by atoms with van der Waals surface area (Å²) in [5.41, 5.74) is 2.20. The molecule has 1 N–H and O–H groups in total. The lowest BCUT2D eigenvalue weighted by Gasteiger charge is -2.20. The number of hydrogen-bond donors (Lipinski definition) is 1. The number of hydrogen-bond acceptors (Lipinski definition) is 3. The molecular formula is C12H16N2O. The van der Waals surface area contributed by atoms with Crippen LogP contribution in [0.25, 0.3) is 0 Å². The van der Waals surface area contributed by atoms with Crippen molar-refractivity contribution in [3.8, 4) is 0 Å². The van der Waals surface area contributed by atoms with Crippen LogP contribution in [0.4, 0.5) is 0 Å². The molecule has 0 saturated carbocycles. The van der Waals surface area contributed by atoms with E-state index >= 15 is 0 Å². The monoisotopic (exact) mass is 204 g/mol. The second kappa shape index (κ2) is 4.45. The van der Waals surface area contributed by atoms with E-state index in [1.165, 1.54) is 5.56 Å². The molecule has 0 bridgehead atoms. The molecule has 1 heterocycles. The van der Waals surface area contributed by atoms with Crippen molar-refractivity contribution in [2.24, 2.45) is 5.16 Å². The lowest BCUT2D eigenvalue weighted by atomic mass is 10.2. The molecular weight excluding hydrogens is 188 g/mol. The molecule has 80 valence electrons. The van der Waals surface area contributed by atoms with Crippen LogP contribution in [-0.4, -0.2) is 28.4 Å². The van der Waals surface area contributed by atoms with Crippen molar-refractivity contribution < 1.29 is 5.21 Å². The van der Waals surface area contributed by atoms with Crippen molar-refractivity contribution >= 4 is 5.71 Å². The highest BCUT2D eigenvalue weighted by Crippen LogP contribution is 2.17. The van der Waals surface area contributed by atoms with Crippen LogP contribution in [0.3, 0.4) is 0 Å². The molecule has 2 rings (SSSR count). The lowest BCUT2D eigenvalue weighted by Crippen LogP contribution is -2.29. The Kier molecular flexibility index (Phi) is 3.02. The molecule has 0 radical (unpaired) electrons. The van der Waals surface area contributed by atoms with Gasteiger partial charge in [0, 0.05) is 25.6 Å². The molecule has 1 aliphatic heterocycles. The number of oxime groups is 1. The maximum absolute atomic E-state index is 8.78. The quantitative estimate of drug-likeness (QED) is 0.591. The first-order valence-corrected chi connectivity index (χ1v) is 5.30. The largest absolute Gasteiger partial charge is 0.411 e. The van der Waals surface area contributed by atoms with Crippen LogP contribution in [0.5, 0.6) is 0 Å². The SMILES string of the molecule is C[C@@H]1/C(=N\O)CCN1Cc1ccccc1. The van der Waals surface area contributed by atoms with E-state index in [0.29, 0.717) is 0 Å². The molecule has 1 saturated heterocycles.